The van der Waals surface area contributed by atoms with Crippen LogP contribution in [0, 0.1) is 0 Å². The van der Waals surface area contributed by atoms with E-state index >= 15 is 0 Å². The Morgan fingerprint density at radius 2 is 1.82 bits per heavy atom. The maximum absolute atomic E-state index is 12.8. The summed E-state index contributed by atoms with van der Waals surface area (Å²) in [5.74, 6) is -0.468. The van der Waals surface area contributed by atoms with Crippen LogP contribution in [0.1, 0.15) is 21.6 Å². The lowest BCUT2D eigenvalue weighted by atomic mass is 10.1. The molecular weight excluding hydrogens is 372 g/mol. The minimum Gasteiger partial charge on any atom is -0.267 e. The van der Waals surface area contributed by atoms with Gasteiger partial charge in [-0.15, -0.1) is 0 Å². The van der Waals surface area contributed by atoms with Crippen LogP contribution in [0.25, 0.3) is 10.8 Å². The van der Waals surface area contributed by atoms with Gasteiger partial charge in [0.25, 0.3) is 11.5 Å². The molecule has 1 N–H and O–H groups in total. The van der Waals surface area contributed by atoms with Crippen molar-refractivity contribution in [3.8, 4) is 0 Å². The molecule has 138 valence electrons. The number of benzene rings is 2. The number of aromatic nitrogens is 2. The molecule has 1 amide bonds. The van der Waals surface area contributed by atoms with Crippen molar-refractivity contribution in [3.63, 3.8) is 0 Å². The number of rotatable bonds is 5. The average molecular weight is 388 g/mol. The van der Waals surface area contributed by atoms with Gasteiger partial charge in [-0.1, -0.05) is 48.5 Å². The number of fused-ring (bicyclic) bond motifs is 1. The first-order chi connectivity index (χ1) is 13.7. The molecule has 0 fully saturated rings. The molecule has 0 unspecified atom stereocenters. The van der Waals surface area contributed by atoms with E-state index in [9.17, 15) is 9.59 Å². The summed E-state index contributed by atoms with van der Waals surface area (Å²) in [5.41, 5.74) is 4.25. The molecule has 0 saturated heterocycles. The maximum Gasteiger partial charge on any atom is 0.292 e. The molecule has 0 radical (unpaired) electrons. The van der Waals surface area contributed by atoms with E-state index in [1.54, 1.807) is 41.8 Å². The Hall–Kier alpha value is -3.58. The molecule has 2 heterocycles. The molecule has 0 bridgehead atoms. The monoisotopic (exact) mass is 388 g/mol. The van der Waals surface area contributed by atoms with E-state index < -0.39 is 5.91 Å². The number of carbonyl (C=O) groups is 1. The Morgan fingerprint density at radius 3 is 2.57 bits per heavy atom. The zero-order chi connectivity index (χ0) is 19.3. The van der Waals surface area contributed by atoms with Crippen LogP contribution >= 0.6 is 11.3 Å². The van der Waals surface area contributed by atoms with E-state index in [1.807, 2.05) is 47.2 Å². The number of hydrazone groups is 1. The molecule has 2 aromatic carbocycles. The first-order valence-electron chi connectivity index (χ1n) is 8.62. The summed E-state index contributed by atoms with van der Waals surface area (Å²) in [6, 6.07) is 18.4. The van der Waals surface area contributed by atoms with Crippen LogP contribution in [0.15, 0.2) is 81.3 Å². The molecule has 6 nitrogen and oxygen atoms in total. The second-order valence-corrected chi connectivity index (χ2v) is 6.88. The van der Waals surface area contributed by atoms with Crippen molar-refractivity contribution < 1.29 is 4.79 Å². The Morgan fingerprint density at radius 1 is 1.07 bits per heavy atom. The minimum absolute atomic E-state index is 0.161. The Bertz CT molecular complexity index is 1200. The van der Waals surface area contributed by atoms with Crippen molar-refractivity contribution in [2.75, 3.05) is 0 Å². The number of amides is 1. The van der Waals surface area contributed by atoms with E-state index in [0.29, 0.717) is 10.8 Å². The van der Waals surface area contributed by atoms with Crippen molar-refractivity contribution in [1.82, 2.24) is 15.2 Å². The van der Waals surface area contributed by atoms with Gasteiger partial charge in [0.1, 0.15) is 0 Å². The number of carbonyl (C=O) groups excluding carboxylic acids is 1. The van der Waals surface area contributed by atoms with E-state index in [1.165, 1.54) is 4.68 Å². The predicted molar refractivity (Wildman–Crippen MR) is 111 cm³/mol. The molecule has 0 aliphatic rings. The Kier molecular flexibility index (Phi) is 5.07. The SMILES string of the molecule is O=C(N/N=C\c1ccsc1)c1nn(Cc2ccccc2)c(=O)c2ccccc12. The van der Waals surface area contributed by atoms with Gasteiger partial charge in [0.2, 0.25) is 0 Å². The van der Waals surface area contributed by atoms with Gasteiger partial charge < -0.3 is 0 Å². The quantitative estimate of drug-likeness (QED) is 0.421. The van der Waals surface area contributed by atoms with Gasteiger partial charge >= 0.3 is 0 Å². The van der Waals surface area contributed by atoms with Gasteiger partial charge in [0.15, 0.2) is 5.69 Å². The first-order valence-corrected chi connectivity index (χ1v) is 9.56. The topological polar surface area (TPSA) is 76.3 Å². The molecule has 0 aliphatic carbocycles. The van der Waals surface area contributed by atoms with E-state index in [0.717, 1.165) is 11.1 Å². The normalized spacial score (nSPS) is 11.1. The summed E-state index contributed by atoms with van der Waals surface area (Å²) >= 11 is 1.55. The number of hydrogen-bond donors (Lipinski definition) is 1. The second-order valence-electron chi connectivity index (χ2n) is 6.10. The fourth-order valence-electron chi connectivity index (χ4n) is 2.83. The smallest absolute Gasteiger partial charge is 0.267 e. The van der Waals surface area contributed by atoms with Crippen LogP contribution in [0.5, 0.6) is 0 Å². The van der Waals surface area contributed by atoms with Crippen molar-refractivity contribution >= 4 is 34.2 Å². The molecule has 0 saturated carbocycles. The highest BCUT2D eigenvalue weighted by Crippen LogP contribution is 2.14. The Balaban J connectivity index is 1.71. The van der Waals surface area contributed by atoms with Gasteiger partial charge in [-0.05, 0) is 28.5 Å². The zero-order valence-electron chi connectivity index (χ0n) is 14.8. The number of thiophene rings is 1. The molecule has 0 aliphatic heterocycles. The summed E-state index contributed by atoms with van der Waals surface area (Å²) in [6.45, 7) is 0.281. The third-order valence-corrected chi connectivity index (χ3v) is 4.88. The lowest BCUT2D eigenvalue weighted by Crippen LogP contribution is -2.29. The fourth-order valence-corrected chi connectivity index (χ4v) is 3.44. The molecule has 4 rings (SSSR count). The van der Waals surface area contributed by atoms with E-state index in [-0.39, 0.29) is 17.8 Å². The number of nitrogens with zero attached hydrogens (tertiary/aromatic N) is 3. The number of hydrogen-bond acceptors (Lipinski definition) is 5. The van der Waals surface area contributed by atoms with Gasteiger partial charge in [-0.3, -0.25) is 9.59 Å². The molecule has 7 heteroatoms. The minimum atomic E-state index is -0.468. The lowest BCUT2D eigenvalue weighted by molar-refractivity contribution is 0.0949. The van der Waals surface area contributed by atoms with Crippen LogP contribution in [0.4, 0.5) is 0 Å². The summed E-state index contributed by atoms with van der Waals surface area (Å²) in [6.07, 6.45) is 1.57. The predicted octanol–water partition coefficient (Wildman–Crippen LogP) is 3.27. The molecule has 28 heavy (non-hydrogen) atoms. The summed E-state index contributed by atoms with van der Waals surface area (Å²) in [7, 11) is 0. The van der Waals surface area contributed by atoms with Crippen LogP contribution in [0.2, 0.25) is 0 Å². The van der Waals surface area contributed by atoms with Gasteiger partial charge in [-0.25, -0.2) is 10.1 Å². The second kappa shape index (κ2) is 7.98. The summed E-state index contributed by atoms with van der Waals surface area (Å²) in [5, 5.41) is 13.1. The van der Waals surface area contributed by atoms with Crippen LogP contribution in [0.3, 0.4) is 0 Å². The summed E-state index contributed by atoms with van der Waals surface area (Å²) in [4.78, 5) is 25.5. The maximum atomic E-state index is 12.8. The molecule has 0 atom stereocenters. The highest BCUT2D eigenvalue weighted by atomic mass is 32.1. The average Bonchev–Trinajstić information content (AvgIpc) is 3.24. The standard InChI is InChI=1S/C21H16N4O2S/c26-20(23-22-12-16-10-11-28-14-16)19-17-8-4-5-9-18(17)21(27)25(24-19)13-15-6-2-1-3-7-15/h1-12,14H,13H2,(H,23,26)/b22-12-. The molecule has 4 aromatic rings. The largest absolute Gasteiger partial charge is 0.292 e. The van der Waals surface area contributed by atoms with E-state index in [2.05, 4.69) is 15.6 Å². The van der Waals surface area contributed by atoms with Crippen molar-refractivity contribution in [1.29, 1.82) is 0 Å². The summed E-state index contributed by atoms with van der Waals surface area (Å²) < 4.78 is 1.31. The van der Waals surface area contributed by atoms with Crippen molar-refractivity contribution in [3.05, 3.63) is 98.6 Å². The van der Waals surface area contributed by atoms with E-state index in [4.69, 9.17) is 0 Å². The fraction of sp³-hybridized carbons (Fsp3) is 0.0476. The van der Waals surface area contributed by atoms with Crippen molar-refractivity contribution in [2.45, 2.75) is 6.54 Å². The molecule has 0 spiro atoms. The van der Waals surface area contributed by atoms with Gasteiger partial charge in [-0.2, -0.15) is 21.5 Å². The lowest BCUT2D eigenvalue weighted by Gasteiger charge is -2.10. The van der Waals surface area contributed by atoms with Crippen LogP contribution in [-0.4, -0.2) is 21.9 Å². The molecule has 2 aromatic heterocycles. The highest BCUT2D eigenvalue weighted by molar-refractivity contribution is 7.08. The van der Waals surface area contributed by atoms with Crippen molar-refractivity contribution in [2.24, 2.45) is 5.10 Å². The van der Waals surface area contributed by atoms with Gasteiger partial charge in [0.05, 0.1) is 18.1 Å². The third-order valence-electron chi connectivity index (χ3n) is 4.18. The highest BCUT2D eigenvalue weighted by Gasteiger charge is 2.16. The Labute approximate surface area is 164 Å². The van der Waals surface area contributed by atoms with Crippen LogP contribution in [-0.2, 0) is 6.54 Å². The molecular formula is C21H16N4O2S. The zero-order valence-corrected chi connectivity index (χ0v) is 15.6. The van der Waals surface area contributed by atoms with Gasteiger partial charge in [0, 0.05) is 10.9 Å². The number of nitrogens with one attached hydrogen (secondary N) is 1. The van der Waals surface area contributed by atoms with Crippen LogP contribution < -0.4 is 11.0 Å². The first kappa shape index (κ1) is 17.8. The third kappa shape index (κ3) is 3.74.